The zero-order valence-corrected chi connectivity index (χ0v) is 15.3. The van der Waals surface area contributed by atoms with E-state index in [1.807, 2.05) is 41.8 Å². The third kappa shape index (κ3) is 2.82. The largest absolute Gasteiger partial charge is 0.460 e. The highest BCUT2D eigenvalue weighted by Gasteiger charge is 2.17. The summed E-state index contributed by atoms with van der Waals surface area (Å²) in [5, 5.41) is 9.18. The van der Waals surface area contributed by atoms with Gasteiger partial charge in [0.05, 0.1) is 12.1 Å². The van der Waals surface area contributed by atoms with Crippen molar-refractivity contribution in [3.8, 4) is 0 Å². The van der Waals surface area contributed by atoms with Crippen molar-refractivity contribution in [3.63, 3.8) is 0 Å². The molecule has 0 aliphatic heterocycles. The number of fused-ring (bicyclic) bond motifs is 3. The van der Waals surface area contributed by atoms with Gasteiger partial charge in [-0.15, -0.1) is 11.3 Å². The molecule has 1 N–H and O–H groups in total. The Bertz CT molecular complexity index is 1150. The number of carbonyl (C=O) groups is 1. The van der Waals surface area contributed by atoms with Crippen LogP contribution in [0.15, 0.2) is 38.9 Å². The lowest BCUT2D eigenvalue weighted by molar-refractivity contribution is -0.122. The van der Waals surface area contributed by atoms with Gasteiger partial charge in [-0.2, -0.15) is 5.10 Å². The van der Waals surface area contributed by atoms with Gasteiger partial charge in [0.25, 0.3) is 5.56 Å². The van der Waals surface area contributed by atoms with E-state index < -0.39 is 0 Å². The van der Waals surface area contributed by atoms with Crippen LogP contribution in [0, 0.1) is 6.92 Å². The van der Waals surface area contributed by atoms with Crippen LogP contribution < -0.4 is 10.9 Å². The fourth-order valence-corrected chi connectivity index (χ4v) is 3.68. The Morgan fingerprint density at radius 1 is 1.35 bits per heavy atom. The first-order valence-electron chi connectivity index (χ1n) is 8.37. The molecule has 4 aromatic rings. The monoisotopic (exact) mass is 370 g/mol. The molecule has 0 aliphatic carbocycles. The van der Waals surface area contributed by atoms with Crippen molar-refractivity contribution in [2.75, 3.05) is 0 Å². The molecule has 8 heteroatoms. The first-order chi connectivity index (χ1) is 12.6. The van der Waals surface area contributed by atoms with E-state index in [-0.39, 0.29) is 18.0 Å². The van der Waals surface area contributed by atoms with Gasteiger partial charge in [-0.1, -0.05) is 13.0 Å². The van der Waals surface area contributed by atoms with Crippen molar-refractivity contribution in [1.29, 1.82) is 0 Å². The lowest BCUT2D eigenvalue weighted by Gasteiger charge is -2.10. The van der Waals surface area contributed by atoms with Crippen LogP contribution in [-0.4, -0.2) is 20.1 Å². The van der Waals surface area contributed by atoms with E-state index in [9.17, 15) is 9.59 Å². The van der Waals surface area contributed by atoms with E-state index in [4.69, 9.17) is 4.42 Å². The maximum atomic E-state index is 12.8. The van der Waals surface area contributed by atoms with Crippen LogP contribution >= 0.6 is 11.3 Å². The Kier molecular flexibility index (Phi) is 4.12. The smallest absolute Gasteiger partial charge is 0.291 e. The highest BCUT2D eigenvalue weighted by Crippen LogP contribution is 2.23. The van der Waals surface area contributed by atoms with Gasteiger partial charge in [0.1, 0.15) is 23.6 Å². The number of thiophene rings is 1. The number of furan rings is 1. The minimum Gasteiger partial charge on any atom is -0.460 e. The van der Waals surface area contributed by atoms with Crippen molar-refractivity contribution in [3.05, 3.63) is 56.5 Å². The number of rotatable bonds is 5. The fourth-order valence-electron chi connectivity index (χ4n) is 3.04. The number of amides is 1. The molecule has 0 unspecified atom stereocenters. The van der Waals surface area contributed by atoms with E-state index in [1.165, 1.54) is 4.68 Å². The van der Waals surface area contributed by atoms with Crippen molar-refractivity contribution in [1.82, 2.24) is 19.5 Å². The first kappa shape index (κ1) is 16.6. The molecule has 0 aromatic carbocycles. The summed E-state index contributed by atoms with van der Waals surface area (Å²) in [6.45, 7) is 4.17. The summed E-state index contributed by atoms with van der Waals surface area (Å²) < 4.78 is 8.67. The van der Waals surface area contributed by atoms with Gasteiger partial charge in [0.2, 0.25) is 5.91 Å². The van der Waals surface area contributed by atoms with Crippen LogP contribution in [0.4, 0.5) is 0 Å². The Balaban J connectivity index is 1.68. The summed E-state index contributed by atoms with van der Waals surface area (Å²) >= 11 is 1.57. The van der Waals surface area contributed by atoms with Crippen LogP contribution in [0.5, 0.6) is 0 Å². The van der Waals surface area contributed by atoms with E-state index in [0.717, 1.165) is 16.2 Å². The standard InChI is InChI=1S/C18H18N4O3S/c1-3-16-20-21(10-17(23)19-9-12-5-4-6-26-12)18(24)14-8-15-13(22(14)16)7-11(2)25-15/h4-8H,3,9-10H2,1-2H3,(H,19,23). The van der Waals surface area contributed by atoms with E-state index >= 15 is 0 Å². The van der Waals surface area contributed by atoms with Gasteiger partial charge >= 0.3 is 0 Å². The third-order valence-electron chi connectivity index (χ3n) is 4.21. The second-order valence-electron chi connectivity index (χ2n) is 6.06. The van der Waals surface area contributed by atoms with Crippen LogP contribution in [0.25, 0.3) is 16.6 Å². The molecule has 4 aromatic heterocycles. The Labute approximate surface area is 152 Å². The second kappa shape index (κ2) is 6.45. The molecular weight excluding hydrogens is 352 g/mol. The van der Waals surface area contributed by atoms with Crippen LogP contribution in [-0.2, 0) is 24.3 Å². The molecule has 0 saturated carbocycles. The van der Waals surface area contributed by atoms with Gasteiger partial charge in [0, 0.05) is 23.4 Å². The molecule has 0 fully saturated rings. The molecule has 4 heterocycles. The number of carbonyl (C=O) groups excluding carboxylic acids is 1. The van der Waals surface area contributed by atoms with E-state index in [1.54, 1.807) is 17.4 Å². The Hall–Kier alpha value is -2.87. The number of hydrogen-bond acceptors (Lipinski definition) is 5. The normalized spacial score (nSPS) is 11.5. The average Bonchev–Trinajstić information content (AvgIpc) is 3.31. The minimum absolute atomic E-state index is 0.112. The molecule has 0 atom stereocenters. The summed E-state index contributed by atoms with van der Waals surface area (Å²) in [6, 6.07) is 7.49. The van der Waals surface area contributed by atoms with Crippen molar-refractivity contribution >= 4 is 33.9 Å². The lowest BCUT2D eigenvalue weighted by atomic mass is 10.4. The number of hydrogen-bond donors (Lipinski definition) is 1. The highest BCUT2D eigenvalue weighted by atomic mass is 32.1. The average molecular weight is 370 g/mol. The molecule has 0 bridgehead atoms. The van der Waals surface area contributed by atoms with Crippen molar-refractivity contribution in [2.45, 2.75) is 33.4 Å². The van der Waals surface area contributed by atoms with Crippen molar-refractivity contribution in [2.24, 2.45) is 0 Å². The van der Waals surface area contributed by atoms with Gasteiger partial charge < -0.3 is 9.73 Å². The maximum absolute atomic E-state index is 12.8. The molecule has 7 nitrogen and oxygen atoms in total. The molecule has 0 saturated heterocycles. The zero-order chi connectivity index (χ0) is 18.3. The molecule has 0 radical (unpaired) electrons. The van der Waals surface area contributed by atoms with Gasteiger partial charge in [-0.3, -0.25) is 14.0 Å². The second-order valence-corrected chi connectivity index (χ2v) is 7.09. The molecular formula is C18H18N4O3S. The van der Waals surface area contributed by atoms with Gasteiger partial charge in [-0.25, -0.2) is 4.68 Å². The predicted octanol–water partition coefficient (Wildman–Crippen LogP) is 2.49. The number of aryl methyl sites for hydroxylation is 2. The summed E-state index contributed by atoms with van der Waals surface area (Å²) in [7, 11) is 0. The molecule has 134 valence electrons. The van der Waals surface area contributed by atoms with E-state index in [0.29, 0.717) is 29.9 Å². The number of aromatic nitrogens is 3. The van der Waals surface area contributed by atoms with Crippen LogP contribution in [0.2, 0.25) is 0 Å². The van der Waals surface area contributed by atoms with Gasteiger partial charge in [0.15, 0.2) is 5.58 Å². The van der Waals surface area contributed by atoms with Gasteiger partial charge in [-0.05, 0) is 18.4 Å². The quantitative estimate of drug-likeness (QED) is 0.585. The highest BCUT2D eigenvalue weighted by molar-refractivity contribution is 7.09. The molecule has 0 aliphatic rings. The topological polar surface area (TPSA) is 81.5 Å². The fraction of sp³-hybridized carbons (Fsp3) is 0.278. The SMILES string of the molecule is CCc1nn(CC(=O)NCc2cccs2)c(=O)c2cc3oc(C)cc3n12. The molecule has 26 heavy (non-hydrogen) atoms. The molecule has 1 amide bonds. The maximum Gasteiger partial charge on any atom is 0.291 e. The number of nitrogens with zero attached hydrogens (tertiary/aromatic N) is 3. The third-order valence-corrected chi connectivity index (χ3v) is 5.09. The predicted molar refractivity (Wildman–Crippen MR) is 99.5 cm³/mol. The molecule has 4 rings (SSSR count). The first-order valence-corrected chi connectivity index (χ1v) is 9.25. The van der Waals surface area contributed by atoms with E-state index in [2.05, 4.69) is 10.4 Å². The number of nitrogens with one attached hydrogen (secondary N) is 1. The summed E-state index contributed by atoms with van der Waals surface area (Å²) in [5.74, 6) is 1.25. The molecule has 0 spiro atoms. The summed E-state index contributed by atoms with van der Waals surface area (Å²) in [6.07, 6.45) is 0.627. The summed E-state index contributed by atoms with van der Waals surface area (Å²) in [5.41, 5.74) is 1.64. The Morgan fingerprint density at radius 3 is 2.92 bits per heavy atom. The lowest BCUT2D eigenvalue weighted by Crippen LogP contribution is -2.34. The van der Waals surface area contributed by atoms with Crippen LogP contribution in [0.3, 0.4) is 0 Å². The minimum atomic E-state index is -0.308. The van der Waals surface area contributed by atoms with Crippen LogP contribution in [0.1, 0.15) is 23.4 Å². The zero-order valence-electron chi connectivity index (χ0n) is 14.5. The Morgan fingerprint density at radius 2 is 2.19 bits per heavy atom. The summed E-state index contributed by atoms with van der Waals surface area (Å²) in [4.78, 5) is 26.1. The van der Waals surface area contributed by atoms with Crippen molar-refractivity contribution < 1.29 is 9.21 Å².